The van der Waals surface area contributed by atoms with Crippen molar-refractivity contribution < 1.29 is 18.6 Å². The Labute approximate surface area is 96.0 Å². The minimum Gasteiger partial charge on any atom is -0.658 e. The first-order valence-electron chi connectivity index (χ1n) is 4.27. The van der Waals surface area contributed by atoms with Crippen LogP contribution in [-0.4, -0.2) is 0 Å². The van der Waals surface area contributed by atoms with Crippen LogP contribution in [0.25, 0.3) is 5.32 Å². The zero-order valence-electron chi connectivity index (χ0n) is 7.67. The summed E-state index contributed by atoms with van der Waals surface area (Å²) in [7, 11) is 0. The topological polar surface area (TPSA) is 14.1 Å². The molecule has 1 radical (unpaired) electrons. The number of rotatable bonds is 2. The van der Waals surface area contributed by atoms with Gasteiger partial charge in [-0.1, -0.05) is 60.7 Å². The number of benzene rings is 2. The van der Waals surface area contributed by atoms with Crippen molar-refractivity contribution in [3.63, 3.8) is 0 Å². The Morgan fingerprint density at radius 1 is 0.571 bits per heavy atom. The molecule has 0 spiro atoms. The van der Waals surface area contributed by atoms with Crippen LogP contribution in [0.1, 0.15) is 0 Å². The van der Waals surface area contributed by atoms with Crippen molar-refractivity contribution >= 4 is 11.4 Å². The van der Waals surface area contributed by atoms with Crippen LogP contribution in [0.4, 0.5) is 11.4 Å². The van der Waals surface area contributed by atoms with Gasteiger partial charge in [-0.3, -0.25) is 0 Å². The van der Waals surface area contributed by atoms with Gasteiger partial charge >= 0.3 is 0 Å². The van der Waals surface area contributed by atoms with Crippen molar-refractivity contribution in [2.75, 3.05) is 0 Å². The van der Waals surface area contributed by atoms with E-state index in [4.69, 9.17) is 0 Å². The molecule has 0 saturated carbocycles. The Kier molecular flexibility index (Phi) is 4.31. The van der Waals surface area contributed by atoms with Crippen LogP contribution in [0.5, 0.6) is 0 Å². The second-order valence-corrected chi connectivity index (χ2v) is 2.78. The standard InChI is InChI=1S/C12H10N.V/c1-3-7-11(8-4-1)13-12-9-5-2-6-10-12;/h1-10H;/q-1;. The smallest absolute Gasteiger partial charge is 0 e. The molecule has 0 aliphatic rings. The summed E-state index contributed by atoms with van der Waals surface area (Å²) in [6.07, 6.45) is 0. The summed E-state index contributed by atoms with van der Waals surface area (Å²) in [5.74, 6) is 0. The van der Waals surface area contributed by atoms with Gasteiger partial charge in [0, 0.05) is 18.6 Å². The summed E-state index contributed by atoms with van der Waals surface area (Å²) in [6, 6.07) is 19.9. The molecule has 1 nitrogen and oxygen atoms in total. The number of nitrogens with zero attached hydrogens (tertiary/aromatic N) is 1. The van der Waals surface area contributed by atoms with E-state index in [1.54, 1.807) is 0 Å². The molecule has 0 unspecified atom stereocenters. The van der Waals surface area contributed by atoms with Crippen molar-refractivity contribution in [2.45, 2.75) is 0 Å². The molecule has 2 rings (SSSR count). The van der Waals surface area contributed by atoms with Crippen LogP contribution in [0.2, 0.25) is 0 Å². The van der Waals surface area contributed by atoms with Gasteiger partial charge in [-0.25, -0.2) is 0 Å². The Hall–Kier alpha value is -1.18. The quantitative estimate of drug-likeness (QED) is 0.724. The van der Waals surface area contributed by atoms with E-state index in [9.17, 15) is 0 Å². The van der Waals surface area contributed by atoms with E-state index < -0.39 is 0 Å². The molecule has 0 saturated heterocycles. The van der Waals surface area contributed by atoms with E-state index in [2.05, 4.69) is 5.32 Å². The van der Waals surface area contributed by atoms with E-state index in [1.807, 2.05) is 60.7 Å². The van der Waals surface area contributed by atoms with E-state index in [0.717, 1.165) is 11.4 Å². The molecular formula is C12H10NV-. The molecule has 2 aromatic carbocycles. The van der Waals surface area contributed by atoms with E-state index in [1.165, 1.54) is 0 Å². The van der Waals surface area contributed by atoms with Crippen LogP contribution in [0.15, 0.2) is 60.7 Å². The molecule has 0 heterocycles. The van der Waals surface area contributed by atoms with Crippen molar-refractivity contribution in [1.82, 2.24) is 0 Å². The summed E-state index contributed by atoms with van der Waals surface area (Å²) in [5, 5.41) is 4.44. The monoisotopic (exact) mass is 219 g/mol. The molecule has 0 aliphatic heterocycles. The average molecular weight is 219 g/mol. The molecular weight excluding hydrogens is 209 g/mol. The van der Waals surface area contributed by atoms with Gasteiger partial charge in [-0.15, -0.1) is 11.4 Å². The van der Waals surface area contributed by atoms with Gasteiger partial charge in [0.1, 0.15) is 0 Å². The van der Waals surface area contributed by atoms with Gasteiger partial charge in [0.2, 0.25) is 0 Å². The normalized spacial score (nSPS) is 8.86. The molecule has 69 valence electrons. The molecule has 0 fully saturated rings. The minimum absolute atomic E-state index is 0. The van der Waals surface area contributed by atoms with Crippen molar-refractivity contribution in [3.8, 4) is 0 Å². The Morgan fingerprint density at radius 2 is 0.929 bits per heavy atom. The summed E-state index contributed by atoms with van der Waals surface area (Å²) in [4.78, 5) is 0. The third-order valence-electron chi connectivity index (χ3n) is 1.77. The molecule has 0 aliphatic carbocycles. The van der Waals surface area contributed by atoms with Gasteiger partial charge in [0.25, 0.3) is 0 Å². The summed E-state index contributed by atoms with van der Waals surface area (Å²) >= 11 is 0. The zero-order chi connectivity index (χ0) is 8.93. The van der Waals surface area contributed by atoms with Crippen molar-refractivity contribution in [3.05, 3.63) is 66.0 Å². The average Bonchev–Trinajstić information content (AvgIpc) is 2.21. The van der Waals surface area contributed by atoms with Gasteiger partial charge in [0.05, 0.1) is 0 Å². The van der Waals surface area contributed by atoms with Crippen LogP contribution < -0.4 is 0 Å². The molecule has 0 amide bonds. The molecule has 0 N–H and O–H groups in total. The Morgan fingerprint density at radius 3 is 1.29 bits per heavy atom. The number of para-hydroxylation sites is 2. The fourth-order valence-electron chi connectivity index (χ4n) is 1.15. The summed E-state index contributed by atoms with van der Waals surface area (Å²) < 4.78 is 0. The molecule has 2 heteroatoms. The third kappa shape index (κ3) is 2.95. The predicted molar refractivity (Wildman–Crippen MR) is 55.6 cm³/mol. The maximum absolute atomic E-state index is 4.44. The van der Waals surface area contributed by atoms with Gasteiger partial charge in [-0.05, 0) is 0 Å². The van der Waals surface area contributed by atoms with E-state index >= 15 is 0 Å². The van der Waals surface area contributed by atoms with E-state index in [0.29, 0.717) is 0 Å². The summed E-state index contributed by atoms with van der Waals surface area (Å²) in [5.41, 5.74) is 1.99. The Balaban J connectivity index is 0.000000980. The van der Waals surface area contributed by atoms with Gasteiger partial charge < -0.3 is 5.32 Å². The molecule has 0 bridgehead atoms. The molecule has 0 atom stereocenters. The summed E-state index contributed by atoms with van der Waals surface area (Å²) in [6.45, 7) is 0. The van der Waals surface area contributed by atoms with Crippen LogP contribution in [0, 0.1) is 0 Å². The fourth-order valence-corrected chi connectivity index (χ4v) is 1.15. The number of hydrogen-bond acceptors (Lipinski definition) is 0. The molecule has 2 aromatic rings. The third-order valence-corrected chi connectivity index (χ3v) is 1.77. The Bertz CT molecular complexity index is 321. The van der Waals surface area contributed by atoms with Crippen LogP contribution >= 0.6 is 0 Å². The SMILES string of the molecule is [V].c1ccc([N-]c2ccccc2)cc1. The fraction of sp³-hybridized carbons (Fsp3) is 0. The van der Waals surface area contributed by atoms with Crippen LogP contribution in [0.3, 0.4) is 0 Å². The maximum atomic E-state index is 4.44. The van der Waals surface area contributed by atoms with E-state index in [-0.39, 0.29) is 18.6 Å². The first-order chi connectivity index (χ1) is 6.45. The second kappa shape index (κ2) is 5.53. The largest absolute Gasteiger partial charge is 0.658 e. The van der Waals surface area contributed by atoms with Crippen LogP contribution in [-0.2, 0) is 18.6 Å². The van der Waals surface area contributed by atoms with Crippen molar-refractivity contribution in [1.29, 1.82) is 0 Å². The minimum atomic E-state index is 0. The zero-order valence-corrected chi connectivity index (χ0v) is 9.06. The predicted octanol–water partition coefficient (Wildman–Crippen LogP) is 4.02. The van der Waals surface area contributed by atoms with Gasteiger partial charge in [0.15, 0.2) is 0 Å². The first-order valence-corrected chi connectivity index (χ1v) is 4.27. The second-order valence-electron chi connectivity index (χ2n) is 2.78. The first kappa shape index (κ1) is 10.9. The molecule has 0 aromatic heterocycles. The number of hydrogen-bond donors (Lipinski definition) is 0. The van der Waals surface area contributed by atoms with Gasteiger partial charge in [-0.2, -0.15) is 0 Å². The molecule has 14 heavy (non-hydrogen) atoms. The van der Waals surface area contributed by atoms with Crippen molar-refractivity contribution in [2.24, 2.45) is 0 Å². The maximum Gasteiger partial charge on any atom is 0 e.